The molecule has 8 heteroatoms. The molecule has 0 unspecified atom stereocenters. The van der Waals surface area contributed by atoms with Crippen molar-refractivity contribution in [3.8, 4) is 0 Å². The Balaban J connectivity index is 2.70. The molecule has 0 saturated heterocycles. The number of sulfonamides is 1. The van der Waals surface area contributed by atoms with Crippen molar-refractivity contribution in [1.82, 2.24) is 0 Å². The van der Waals surface area contributed by atoms with E-state index in [0.717, 1.165) is 0 Å². The molecule has 0 saturated carbocycles. The third kappa shape index (κ3) is 5.24. The maximum absolute atomic E-state index is 11.7. The molecule has 100 valence electrons. The van der Waals surface area contributed by atoms with Crippen molar-refractivity contribution in [1.29, 1.82) is 0 Å². The number of carboxylic acid groups (broad SMARTS) is 1. The van der Waals surface area contributed by atoms with Gasteiger partial charge >= 0.3 is 5.97 Å². The Bertz CT molecular complexity index is 547. The minimum absolute atomic E-state index is 0.0519. The summed E-state index contributed by atoms with van der Waals surface area (Å²) in [5, 5.41) is 8.72. The van der Waals surface area contributed by atoms with Gasteiger partial charge < -0.3 is 5.11 Å². The standard InChI is InChI=1S/C10H11BrClNO4S/c11-7-3-4-8(12)9(6-7)13-18(16,17)5-1-2-10(14)15/h3-4,6,13H,1-2,5H2,(H,14,15). The topological polar surface area (TPSA) is 83.5 Å². The predicted molar refractivity (Wildman–Crippen MR) is 73.4 cm³/mol. The van der Waals surface area contributed by atoms with Crippen LogP contribution in [-0.2, 0) is 14.8 Å². The van der Waals surface area contributed by atoms with E-state index in [-0.39, 0.29) is 29.3 Å². The number of hydrogen-bond donors (Lipinski definition) is 2. The second-order valence-corrected chi connectivity index (χ2v) is 6.71. The van der Waals surface area contributed by atoms with Gasteiger partial charge in [0.15, 0.2) is 0 Å². The van der Waals surface area contributed by atoms with Crippen molar-refractivity contribution in [3.05, 3.63) is 27.7 Å². The SMILES string of the molecule is O=C(O)CCCS(=O)(=O)Nc1cc(Br)ccc1Cl. The van der Waals surface area contributed by atoms with Crippen LogP contribution in [0.3, 0.4) is 0 Å². The van der Waals surface area contributed by atoms with Crippen LogP contribution in [0.25, 0.3) is 0 Å². The van der Waals surface area contributed by atoms with E-state index < -0.39 is 16.0 Å². The molecular formula is C10H11BrClNO4S. The predicted octanol–water partition coefficient (Wildman–Crippen LogP) is 2.71. The second-order valence-electron chi connectivity index (χ2n) is 3.54. The molecule has 0 heterocycles. The third-order valence-corrected chi connectivity index (χ3v) is 4.18. The number of aliphatic carboxylic acids is 1. The average Bonchev–Trinajstić information content (AvgIpc) is 2.22. The number of carbonyl (C=O) groups is 1. The van der Waals surface area contributed by atoms with Crippen LogP contribution < -0.4 is 4.72 Å². The van der Waals surface area contributed by atoms with Crippen LogP contribution in [0.2, 0.25) is 5.02 Å². The zero-order chi connectivity index (χ0) is 13.8. The van der Waals surface area contributed by atoms with Crippen molar-refractivity contribution in [2.45, 2.75) is 12.8 Å². The van der Waals surface area contributed by atoms with Crippen molar-refractivity contribution in [2.75, 3.05) is 10.5 Å². The van der Waals surface area contributed by atoms with Crippen LogP contribution in [0.5, 0.6) is 0 Å². The molecule has 0 bridgehead atoms. The van der Waals surface area contributed by atoms with E-state index in [9.17, 15) is 13.2 Å². The summed E-state index contributed by atoms with van der Waals surface area (Å²) >= 11 is 9.05. The molecule has 0 atom stereocenters. The van der Waals surface area contributed by atoms with Gasteiger partial charge in [-0.2, -0.15) is 0 Å². The number of benzene rings is 1. The first-order valence-electron chi connectivity index (χ1n) is 4.97. The lowest BCUT2D eigenvalue weighted by atomic mass is 10.3. The summed E-state index contributed by atoms with van der Waals surface area (Å²) in [5.41, 5.74) is 0.265. The van der Waals surface area contributed by atoms with E-state index in [4.69, 9.17) is 16.7 Å². The first-order valence-corrected chi connectivity index (χ1v) is 7.80. The maximum Gasteiger partial charge on any atom is 0.303 e. The van der Waals surface area contributed by atoms with Crippen molar-refractivity contribution >= 4 is 49.2 Å². The largest absolute Gasteiger partial charge is 0.481 e. The lowest BCUT2D eigenvalue weighted by Gasteiger charge is -2.09. The molecule has 2 N–H and O–H groups in total. The summed E-state index contributed by atoms with van der Waals surface area (Å²) in [4.78, 5) is 10.3. The molecule has 18 heavy (non-hydrogen) atoms. The highest BCUT2D eigenvalue weighted by Gasteiger charge is 2.13. The maximum atomic E-state index is 11.7. The summed E-state index contributed by atoms with van der Waals surface area (Å²) in [6.07, 6.45) is -0.136. The summed E-state index contributed by atoms with van der Waals surface area (Å²) in [7, 11) is -3.59. The summed E-state index contributed by atoms with van der Waals surface area (Å²) < 4.78 is 26.3. The Morgan fingerprint density at radius 3 is 2.72 bits per heavy atom. The van der Waals surface area contributed by atoms with Gasteiger partial charge in [-0.05, 0) is 24.6 Å². The van der Waals surface area contributed by atoms with Gasteiger partial charge in [-0.15, -0.1) is 0 Å². The highest BCUT2D eigenvalue weighted by Crippen LogP contribution is 2.26. The Kier molecular flexibility index (Phi) is 5.43. The molecule has 1 rings (SSSR count). The molecule has 1 aromatic carbocycles. The smallest absolute Gasteiger partial charge is 0.303 e. The minimum Gasteiger partial charge on any atom is -0.481 e. The second kappa shape index (κ2) is 6.40. The van der Waals surface area contributed by atoms with E-state index in [1.807, 2.05) is 0 Å². The molecule has 0 radical (unpaired) electrons. The number of hydrogen-bond acceptors (Lipinski definition) is 3. The van der Waals surface area contributed by atoms with Crippen LogP contribution >= 0.6 is 27.5 Å². The van der Waals surface area contributed by atoms with Gasteiger partial charge in [0.05, 0.1) is 16.5 Å². The van der Waals surface area contributed by atoms with Crippen molar-refractivity contribution in [2.24, 2.45) is 0 Å². The minimum atomic E-state index is -3.59. The Morgan fingerprint density at radius 2 is 2.11 bits per heavy atom. The van der Waals surface area contributed by atoms with E-state index in [2.05, 4.69) is 20.7 Å². The van der Waals surface area contributed by atoms with Crippen molar-refractivity contribution < 1.29 is 18.3 Å². The molecule has 0 aliphatic heterocycles. The quantitative estimate of drug-likeness (QED) is 0.821. The van der Waals surface area contributed by atoms with E-state index >= 15 is 0 Å². The number of anilines is 1. The van der Waals surface area contributed by atoms with Crippen LogP contribution in [0.4, 0.5) is 5.69 Å². The number of nitrogens with one attached hydrogen (secondary N) is 1. The molecular weight excluding hydrogens is 346 g/mol. The highest BCUT2D eigenvalue weighted by atomic mass is 79.9. The van der Waals surface area contributed by atoms with E-state index in [1.165, 1.54) is 6.07 Å². The van der Waals surface area contributed by atoms with Gasteiger partial charge in [0.2, 0.25) is 10.0 Å². The number of rotatable bonds is 6. The Hall–Kier alpha value is -0.790. The molecule has 0 spiro atoms. The summed E-state index contributed by atoms with van der Waals surface area (Å²) in [6.45, 7) is 0. The molecule has 0 aliphatic rings. The van der Waals surface area contributed by atoms with E-state index in [1.54, 1.807) is 12.1 Å². The summed E-state index contributed by atoms with van der Waals surface area (Å²) in [6, 6.07) is 4.78. The van der Waals surface area contributed by atoms with Gasteiger partial charge in [-0.1, -0.05) is 27.5 Å². The van der Waals surface area contributed by atoms with E-state index in [0.29, 0.717) is 4.47 Å². The Labute approximate surface area is 118 Å². The lowest BCUT2D eigenvalue weighted by Crippen LogP contribution is -2.17. The van der Waals surface area contributed by atoms with Gasteiger partial charge in [0.1, 0.15) is 0 Å². The van der Waals surface area contributed by atoms with Crippen LogP contribution in [0, 0.1) is 0 Å². The highest BCUT2D eigenvalue weighted by molar-refractivity contribution is 9.10. The van der Waals surface area contributed by atoms with Crippen molar-refractivity contribution in [3.63, 3.8) is 0 Å². The zero-order valence-electron chi connectivity index (χ0n) is 9.19. The molecule has 0 amide bonds. The first-order chi connectivity index (χ1) is 8.30. The summed E-state index contributed by atoms with van der Waals surface area (Å²) in [5.74, 6) is -1.28. The third-order valence-electron chi connectivity index (χ3n) is 2.00. The lowest BCUT2D eigenvalue weighted by molar-refractivity contribution is -0.137. The Morgan fingerprint density at radius 1 is 1.44 bits per heavy atom. The fourth-order valence-corrected chi connectivity index (χ4v) is 2.92. The van der Waals surface area contributed by atoms with Gasteiger partial charge in [-0.3, -0.25) is 9.52 Å². The zero-order valence-corrected chi connectivity index (χ0v) is 12.3. The normalized spacial score (nSPS) is 11.2. The monoisotopic (exact) mass is 355 g/mol. The number of halogens is 2. The molecule has 5 nitrogen and oxygen atoms in total. The van der Waals surface area contributed by atoms with Crippen LogP contribution in [0.1, 0.15) is 12.8 Å². The molecule has 1 aromatic rings. The van der Waals surface area contributed by atoms with Crippen LogP contribution in [0.15, 0.2) is 22.7 Å². The first kappa shape index (κ1) is 15.3. The van der Waals surface area contributed by atoms with Gasteiger partial charge in [0, 0.05) is 10.9 Å². The fraction of sp³-hybridized carbons (Fsp3) is 0.300. The average molecular weight is 357 g/mol. The molecule has 0 aromatic heterocycles. The molecule has 0 aliphatic carbocycles. The molecule has 0 fully saturated rings. The number of carboxylic acids is 1. The van der Waals surface area contributed by atoms with Gasteiger partial charge in [0.25, 0.3) is 0 Å². The van der Waals surface area contributed by atoms with Gasteiger partial charge in [-0.25, -0.2) is 8.42 Å². The van der Waals surface area contributed by atoms with Crippen LogP contribution in [-0.4, -0.2) is 25.2 Å². The fourth-order valence-electron chi connectivity index (χ4n) is 1.21.